The second-order valence-corrected chi connectivity index (χ2v) is 7.71. The van der Waals surface area contributed by atoms with E-state index in [4.69, 9.17) is 4.74 Å². The molecule has 2 aromatic carbocycles. The number of nitrogens with zero attached hydrogens (tertiary/aromatic N) is 2. The number of hydrogen-bond acceptors (Lipinski definition) is 4. The van der Waals surface area contributed by atoms with E-state index >= 15 is 0 Å². The van der Waals surface area contributed by atoms with Crippen molar-refractivity contribution in [1.82, 2.24) is 4.90 Å². The summed E-state index contributed by atoms with van der Waals surface area (Å²) in [5, 5.41) is 3.03. The highest BCUT2D eigenvalue weighted by Gasteiger charge is 2.28. The fourth-order valence-corrected chi connectivity index (χ4v) is 4.41. The molecule has 0 unspecified atom stereocenters. The van der Waals surface area contributed by atoms with Crippen molar-refractivity contribution in [2.75, 3.05) is 37.0 Å². The third-order valence-corrected chi connectivity index (χ3v) is 5.85. The first-order chi connectivity index (χ1) is 14.0. The summed E-state index contributed by atoms with van der Waals surface area (Å²) in [7, 11) is 1.66. The Balaban J connectivity index is 1.39. The topological polar surface area (TPSA) is 61.9 Å². The van der Waals surface area contributed by atoms with E-state index in [1.54, 1.807) is 18.9 Å². The fraction of sp³-hybridized carbons (Fsp3) is 0.391. The molecule has 1 N–H and O–H groups in total. The Labute approximate surface area is 171 Å². The van der Waals surface area contributed by atoms with Crippen molar-refractivity contribution < 1.29 is 14.3 Å². The molecule has 2 aliphatic rings. The summed E-state index contributed by atoms with van der Waals surface area (Å²) >= 11 is 0. The summed E-state index contributed by atoms with van der Waals surface area (Å²) in [5.41, 5.74) is 4.07. The van der Waals surface area contributed by atoms with Gasteiger partial charge in [0.25, 0.3) is 0 Å². The number of hydrogen-bond donors (Lipinski definition) is 1. The summed E-state index contributed by atoms with van der Waals surface area (Å²) in [6.07, 6.45) is 2.97. The molecule has 2 amide bonds. The molecule has 2 aromatic rings. The number of benzene rings is 2. The van der Waals surface area contributed by atoms with Crippen molar-refractivity contribution >= 4 is 23.2 Å². The molecular formula is C23H27N3O3. The van der Waals surface area contributed by atoms with Crippen LogP contribution in [0.5, 0.6) is 5.75 Å². The molecule has 1 fully saturated rings. The van der Waals surface area contributed by atoms with E-state index in [9.17, 15) is 9.59 Å². The lowest BCUT2D eigenvalue weighted by atomic mass is 10.0. The number of ether oxygens (including phenoxy) is 1. The van der Waals surface area contributed by atoms with E-state index in [2.05, 4.69) is 22.3 Å². The van der Waals surface area contributed by atoms with Crippen LogP contribution in [0.25, 0.3) is 0 Å². The molecule has 2 heterocycles. The Morgan fingerprint density at radius 1 is 1.14 bits per heavy atom. The zero-order valence-corrected chi connectivity index (χ0v) is 17.0. The summed E-state index contributed by atoms with van der Waals surface area (Å²) < 4.78 is 5.24. The fourth-order valence-electron chi connectivity index (χ4n) is 4.41. The minimum Gasteiger partial charge on any atom is -0.497 e. The number of anilines is 2. The van der Waals surface area contributed by atoms with Crippen molar-refractivity contribution in [2.45, 2.75) is 32.2 Å². The van der Waals surface area contributed by atoms with Crippen molar-refractivity contribution in [3.63, 3.8) is 0 Å². The normalized spacial score (nSPS) is 18.6. The zero-order valence-electron chi connectivity index (χ0n) is 17.0. The van der Waals surface area contributed by atoms with Crippen LogP contribution in [0.3, 0.4) is 0 Å². The van der Waals surface area contributed by atoms with Crippen LogP contribution in [0.15, 0.2) is 42.5 Å². The number of fused-ring (bicyclic) bond motifs is 1. The van der Waals surface area contributed by atoms with Gasteiger partial charge in [0.05, 0.1) is 13.7 Å². The van der Waals surface area contributed by atoms with Crippen molar-refractivity contribution in [1.29, 1.82) is 0 Å². The lowest BCUT2D eigenvalue weighted by Crippen LogP contribution is -2.33. The van der Waals surface area contributed by atoms with E-state index < -0.39 is 0 Å². The Kier molecular flexibility index (Phi) is 5.53. The highest BCUT2D eigenvalue weighted by Crippen LogP contribution is 2.33. The van der Waals surface area contributed by atoms with Gasteiger partial charge in [-0.1, -0.05) is 12.1 Å². The van der Waals surface area contributed by atoms with Gasteiger partial charge in [-0.2, -0.15) is 0 Å². The van der Waals surface area contributed by atoms with Gasteiger partial charge in [0.2, 0.25) is 11.8 Å². The molecule has 6 nitrogen and oxygen atoms in total. The molecule has 1 atom stereocenters. The molecular weight excluding hydrogens is 366 g/mol. The summed E-state index contributed by atoms with van der Waals surface area (Å²) in [6, 6.07) is 14.2. The smallest absolute Gasteiger partial charge is 0.238 e. The minimum atomic E-state index is -0.00761. The standard InChI is InChI=1S/C23H27N3O3/c1-16(27)26-13-11-18-14-19(7-10-22(18)26)24-23(28)15-25-12-3-4-21(25)17-5-8-20(29-2)9-6-17/h5-10,14,21H,3-4,11-13,15H2,1-2H3,(H,24,28)/t21-/m0/s1. The van der Waals surface area contributed by atoms with Gasteiger partial charge in [0.1, 0.15) is 5.75 Å². The van der Waals surface area contributed by atoms with E-state index in [-0.39, 0.29) is 17.9 Å². The average molecular weight is 393 g/mol. The van der Waals surface area contributed by atoms with Crippen LogP contribution in [-0.4, -0.2) is 43.5 Å². The maximum atomic E-state index is 12.7. The van der Waals surface area contributed by atoms with Gasteiger partial charge in [0.15, 0.2) is 0 Å². The molecule has 4 rings (SSSR count). The van der Waals surface area contributed by atoms with Crippen molar-refractivity contribution in [2.24, 2.45) is 0 Å². The van der Waals surface area contributed by atoms with Gasteiger partial charge in [-0.25, -0.2) is 0 Å². The second kappa shape index (κ2) is 8.25. The van der Waals surface area contributed by atoms with Crippen LogP contribution in [0, 0.1) is 0 Å². The average Bonchev–Trinajstić information content (AvgIpc) is 3.34. The number of amides is 2. The van der Waals surface area contributed by atoms with E-state index in [0.717, 1.165) is 48.5 Å². The van der Waals surface area contributed by atoms with Crippen molar-refractivity contribution in [3.8, 4) is 5.75 Å². The first-order valence-corrected chi connectivity index (χ1v) is 10.1. The Bertz CT molecular complexity index is 910. The Morgan fingerprint density at radius 3 is 2.66 bits per heavy atom. The highest BCUT2D eigenvalue weighted by molar-refractivity contribution is 5.96. The lowest BCUT2D eigenvalue weighted by Gasteiger charge is -2.24. The van der Waals surface area contributed by atoms with Gasteiger partial charge < -0.3 is 15.0 Å². The van der Waals surface area contributed by atoms with Crippen LogP contribution >= 0.6 is 0 Å². The highest BCUT2D eigenvalue weighted by atomic mass is 16.5. The molecule has 0 saturated carbocycles. The third-order valence-electron chi connectivity index (χ3n) is 5.85. The lowest BCUT2D eigenvalue weighted by molar-refractivity contribution is -0.118. The minimum absolute atomic E-state index is 0.00761. The van der Waals surface area contributed by atoms with E-state index in [1.807, 2.05) is 30.3 Å². The van der Waals surface area contributed by atoms with Crippen molar-refractivity contribution in [3.05, 3.63) is 53.6 Å². The van der Waals surface area contributed by atoms with Gasteiger partial charge in [-0.05, 0) is 67.3 Å². The largest absolute Gasteiger partial charge is 0.497 e. The quantitative estimate of drug-likeness (QED) is 0.846. The number of rotatable bonds is 5. The summed E-state index contributed by atoms with van der Waals surface area (Å²) in [5.74, 6) is 0.891. The summed E-state index contributed by atoms with van der Waals surface area (Å²) in [4.78, 5) is 28.4. The molecule has 0 aliphatic carbocycles. The van der Waals surface area contributed by atoms with Crippen LogP contribution in [-0.2, 0) is 16.0 Å². The number of carbonyl (C=O) groups is 2. The predicted octanol–water partition coefficient (Wildman–Crippen LogP) is 3.38. The predicted molar refractivity (Wildman–Crippen MR) is 113 cm³/mol. The van der Waals surface area contributed by atoms with E-state index in [1.165, 1.54) is 5.56 Å². The maximum Gasteiger partial charge on any atom is 0.238 e. The number of nitrogens with one attached hydrogen (secondary N) is 1. The van der Waals surface area contributed by atoms with Gasteiger partial charge in [-0.3, -0.25) is 14.5 Å². The molecule has 6 heteroatoms. The maximum absolute atomic E-state index is 12.7. The van der Waals surface area contributed by atoms with Gasteiger partial charge in [0, 0.05) is 30.9 Å². The van der Waals surface area contributed by atoms with Gasteiger partial charge >= 0.3 is 0 Å². The zero-order chi connectivity index (χ0) is 20.4. The number of likely N-dealkylation sites (tertiary alicyclic amines) is 1. The molecule has 0 radical (unpaired) electrons. The van der Waals surface area contributed by atoms with E-state index in [0.29, 0.717) is 13.1 Å². The first-order valence-electron chi connectivity index (χ1n) is 10.1. The number of carbonyl (C=O) groups excluding carboxylic acids is 2. The molecule has 0 bridgehead atoms. The third kappa shape index (κ3) is 4.12. The summed E-state index contributed by atoms with van der Waals surface area (Å²) in [6.45, 7) is 3.58. The molecule has 0 aromatic heterocycles. The van der Waals surface area contributed by atoms with Crippen LogP contribution < -0.4 is 15.0 Å². The number of methoxy groups -OCH3 is 1. The Hall–Kier alpha value is -2.86. The SMILES string of the molecule is COc1ccc([C@@H]2CCCN2CC(=O)Nc2ccc3c(c2)CCN3C(C)=O)cc1. The Morgan fingerprint density at radius 2 is 1.93 bits per heavy atom. The van der Waals surface area contributed by atoms with Crippen LogP contribution in [0.1, 0.15) is 36.9 Å². The molecule has 1 saturated heterocycles. The molecule has 152 valence electrons. The van der Waals surface area contributed by atoms with Crippen LogP contribution in [0.2, 0.25) is 0 Å². The first kappa shape index (κ1) is 19.5. The molecule has 29 heavy (non-hydrogen) atoms. The molecule has 2 aliphatic heterocycles. The second-order valence-electron chi connectivity index (χ2n) is 7.71. The monoisotopic (exact) mass is 393 g/mol. The van der Waals surface area contributed by atoms with Gasteiger partial charge in [-0.15, -0.1) is 0 Å². The van der Waals surface area contributed by atoms with Crippen LogP contribution in [0.4, 0.5) is 11.4 Å². The molecule has 0 spiro atoms.